The first-order valence-electron chi connectivity index (χ1n) is 13.7. The van der Waals surface area contributed by atoms with Gasteiger partial charge in [0.25, 0.3) is 5.91 Å². The molecule has 1 aromatic heterocycles. The van der Waals surface area contributed by atoms with Crippen LogP contribution in [-0.4, -0.2) is 77.7 Å². The molecule has 38 heavy (non-hydrogen) atoms. The van der Waals surface area contributed by atoms with Gasteiger partial charge in [0.05, 0.1) is 17.7 Å². The zero-order chi connectivity index (χ0) is 26.3. The lowest BCUT2D eigenvalue weighted by atomic mass is 10.0. The number of amides is 1. The third-order valence-corrected chi connectivity index (χ3v) is 8.53. The molecule has 0 radical (unpaired) electrons. The highest BCUT2D eigenvalue weighted by molar-refractivity contribution is 9.10. The Kier molecular flexibility index (Phi) is 9.22. The van der Waals surface area contributed by atoms with Crippen molar-refractivity contribution < 1.29 is 9.53 Å². The molecule has 1 aliphatic carbocycles. The number of morpholine rings is 1. The lowest BCUT2D eigenvalue weighted by Gasteiger charge is -2.40. The van der Waals surface area contributed by atoms with Gasteiger partial charge in [-0.3, -0.25) is 25.0 Å². The summed E-state index contributed by atoms with van der Waals surface area (Å²) in [7, 11) is 0. The smallest absolute Gasteiger partial charge is 0.269 e. The van der Waals surface area contributed by atoms with Crippen molar-refractivity contribution in [3.05, 3.63) is 51.9 Å². The number of piperidine rings is 1. The van der Waals surface area contributed by atoms with Gasteiger partial charge in [-0.25, -0.2) is 4.98 Å². The number of aromatic nitrogens is 2. The quantitative estimate of drug-likeness (QED) is 0.471. The van der Waals surface area contributed by atoms with Crippen molar-refractivity contribution in [2.75, 3.05) is 50.9 Å². The van der Waals surface area contributed by atoms with E-state index in [0.29, 0.717) is 34.4 Å². The SMILES string of the molecule is N#Cc1ncc(Br)c(N(CC2CCCC2)NC(=O)c2ccc(CN3CCC(N4CCOCC4)CC3)cc2)n1. The van der Waals surface area contributed by atoms with Gasteiger partial charge in [-0.1, -0.05) is 25.0 Å². The van der Waals surface area contributed by atoms with Crippen molar-refractivity contribution in [2.45, 2.75) is 51.1 Å². The summed E-state index contributed by atoms with van der Waals surface area (Å²) in [4.78, 5) is 26.7. The molecule has 3 aliphatic rings. The fourth-order valence-electron chi connectivity index (χ4n) is 5.83. The average molecular weight is 583 g/mol. The van der Waals surface area contributed by atoms with Crippen LogP contribution in [0.1, 0.15) is 60.3 Å². The van der Waals surface area contributed by atoms with E-state index in [4.69, 9.17) is 4.74 Å². The number of ether oxygens (including phenoxy) is 1. The van der Waals surface area contributed by atoms with E-state index in [0.717, 1.165) is 58.8 Å². The zero-order valence-corrected chi connectivity index (χ0v) is 23.4. The monoisotopic (exact) mass is 581 g/mol. The molecule has 1 amide bonds. The summed E-state index contributed by atoms with van der Waals surface area (Å²) in [5.41, 5.74) is 4.86. The van der Waals surface area contributed by atoms with Gasteiger partial charge in [0, 0.05) is 44.0 Å². The number of anilines is 1. The van der Waals surface area contributed by atoms with E-state index in [1.165, 1.54) is 31.2 Å². The number of rotatable bonds is 8. The number of hydrogen-bond donors (Lipinski definition) is 1. The highest BCUT2D eigenvalue weighted by Crippen LogP contribution is 2.29. The largest absolute Gasteiger partial charge is 0.379 e. The third kappa shape index (κ3) is 6.89. The Balaban J connectivity index is 1.19. The van der Waals surface area contributed by atoms with Gasteiger partial charge in [-0.2, -0.15) is 10.2 Å². The van der Waals surface area contributed by atoms with Gasteiger partial charge in [0.1, 0.15) is 6.07 Å². The number of hydrogen-bond acceptors (Lipinski definition) is 8. The fourth-order valence-corrected chi connectivity index (χ4v) is 6.23. The highest BCUT2D eigenvalue weighted by Gasteiger charge is 2.26. The summed E-state index contributed by atoms with van der Waals surface area (Å²) < 4.78 is 6.14. The molecule has 5 rings (SSSR count). The van der Waals surface area contributed by atoms with Gasteiger partial charge in [-0.05, 0) is 78.3 Å². The number of carbonyl (C=O) groups is 1. The maximum absolute atomic E-state index is 13.3. The molecule has 3 heterocycles. The van der Waals surface area contributed by atoms with Crippen LogP contribution < -0.4 is 10.4 Å². The highest BCUT2D eigenvalue weighted by atomic mass is 79.9. The molecule has 0 spiro atoms. The number of benzene rings is 1. The molecule has 1 saturated carbocycles. The van der Waals surface area contributed by atoms with Gasteiger partial charge in [0.15, 0.2) is 5.82 Å². The van der Waals surface area contributed by atoms with E-state index in [1.807, 2.05) is 18.2 Å². The standard InChI is InChI=1S/C28H36BrN7O2/c29-25-18-31-26(17-30)32-27(25)36(20-21-3-1-2-4-21)33-28(37)23-7-5-22(6-8-23)19-34-11-9-24(10-12-34)35-13-15-38-16-14-35/h5-8,18,21,24H,1-4,9-16,19-20H2,(H,33,37). The van der Waals surface area contributed by atoms with Crippen LogP contribution in [-0.2, 0) is 11.3 Å². The maximum Gasteiger partial charge on any atom is 0.269 e. The van der Waals surface area contributed by atoms with Crippen LogP contribution in [0.5, 0.6) is 0 Å². The second-order valence-electron chi connectivity index (χ2n) is 10.5. The number of carbonyl (C=O) groups excluding carboxylic acids is 1. The molecule has 10 heteroatoms. The summed E-state index contributed by atoms with van der Waals surface area (Å²) in [5.74, 6) is 0.864. The molecule has 0 unspecified atom stereocenters. The van der Waals surface area contributed by atoms with Gasteiger partial charge in [-0.15, -0.1) is 0 Å². The van der Waals surface area contributed by atoms with Crippen LogP contribution in [0, 0.1) is 17.2 Å². The molecule has 1 aromatic carbocycles. The minimum absolute atomic E-state index is 0.0761. The predicted octanol–water partition coefficient (Wildman–Crippen LogP) is 3.75. The number of hydrazine groups is 1. The van der Waals surface area contributed by atoms with E-state index in [-0.39, 0.29) is 11.7 Å². The van der Waals surface area contributed by atoms with Crippen LogP contribution in [0.25, 0.3) is 0 Å². The van der Waals surface area contributed by atoms with Crippen molar-refractivity contribution in [3.63, 3.8) is 0 Å². The summed E-state index contributed by atoms with van der Waals surface area (Å²) >= 11 is 3.50. The lowest BCUT2D eigenvalue weighted by molar-refractivity contribution is 0.000231. The Bertz CT molecular complexity index is 1120. The number of halogens is 1. The topological polar surface area (TPSA) is 97.6 Å². The second-order valence-corrected chi connectivity index (χ2v) is 11.4. The number of nitriles is 1. The minimum atomic E-state index is -0.190. The zero-order valence-electron chi connectivity index (χ0n) is 21.8. The summed E-state index contributed by atoms with van der Waals surface area (Å²) in [6.07, 6.45) is 8.61. The molecule has 0 bridgehead atoms. The molecule has 2 aromatic rings. The maximum atomic E-state index is 13.3. The van der Waals surface area contributed by atoms with Gasteiger partial charge >= 0.3 is 0 Å². The van der Waals surface area contributed by atoms with Crippen LogP contribution in [0.4, 0.5) is 5.82 Å². The first kappa shape index (κ1) is 27.0. The Morgan fingerprint density at radius 2 is 1.82 bits per heavy atom. The van der Waals surface area contributed by atoms with E-state index < -0.39 is 0 Å². The molecule has 0 atom stereocenters. The minimum Gasteiger partial charge on any atom is -0.379 e. The van der Waals surface area contributed by atoms with Crippen molar-refractivity contribution in [1.82, 2.24) is 25.2 Å². The molecule has 9 nitrogen and oxygen atoms in total. The van der Waals surface area contributed by atoms with Gasteiger partial charge < -0.3 is 4.74 Å². The predicted molar refractivity (Wildman–Crippen MR) is 148 cm³/mol. The molecule has 1 N–H and O–H groups in total. The van der Waals surface area contributed by atoms with Crippen LogP contribution in [0.3, 0.4) is 0 Å². The number of nitrogens with zero attached hydrogens (tertiary/aromatic N) is 6. The fraction of sp³-hybridized carbons (Fsp3) is 0.571. The Morgan fingerprint density at radius 3 is 2.50 bits per heavy atom. The molecule has 2 saturated heterocycles. The van der Waals surface area contributed by atoms with Crippen LogP contribution in [0.15, 0.2) is 34.9 Å². The van der Waals surface area contributed by atoms with Crippen LogP contribution in [0.2, 0.25) is 0 Å². The van der Waals surface area contributed by atoms with Crippen LogP contribution >= 0.6 is 15.9 Å². The van der Waals surface area contributed by atoms with E-state index in [1.54, 1.807) is 11.2 Å². The molecule has 202 valence electrons. The van der Waals surface area contributed by atoms with E-state index in [9.17, 15) is 10.1 Å². The van der Waals surface area contributed by atoms with Gasteiger partial charge in [0.2, 0.25) is 5.82 Å². The van der Waals surface area contributed by atoms with E-state index >= 15 is 0 Å². The molecule has 2 aliphatic heterocycles. The molecular weight excluding hydrogens is 546 g/mol. The average Bonchev–Trinajstić information content (AvgIpc) is 3.47. The lowest BCUT2D eigenvalue weighted by Crippen LogP contribution is -2.48. The number of likely N-dealkylation sites (tertiary alicyclic amines) is 1. The number of nitrogens with one attached hydrogen (secondary N) is 1. The first-order valence-corrected chi connectivity index (χ1v) is 14.5. The normalized spacial score (nSPS) is 19.8. The Hall–Kier alpha value is -2.58. The second kappa shape index (κ2) is 13.0. The van der Waals surface area contributed by atoms with E-state index in [2.05, 4.69) is 53.3 Å². The molecule has 3 fully saturated rings. The molecular formula is C28H36BrN7O2. The summed E-state index contributed by atoms with van der Waals surface area (Å²) in [6.45, 7) is 7.56. The van der Waals surface area contributed by atoms with Crippen molar-refractivity contribution >= 4 is 27.7 Å². The Labute approximate surface area is 233 Å². The van der Waals surface area contributed by atoms with Crippen molar-refractivity contribution in [3.8, 4) is 6.07 Å². The third-order valence-electron chi connectivity index (χ3n) is 7.97. The Morgan fingerprint density at radius 1 is 1.11 bits per heavy atom. The summed E-state index contributed by atoms with van der Waals surface area (Å²) in [6, 6.07) is 10.6. The summed E-state index contributed by atoms with van der Waals surface area (Å²) in [5, 5.41) is 11.1. The van der Waals surface area contributed by atoms with Crippen molar-refractivity contribution in [2.24, 2.45) is 5.92 Å². The first-order chi connectivity index (χ1) is 18.6. The van der Waals surface area contributed by atoms with Crippen molar-refractivity contribution in [1.29, 1.82) is 5.26 Å².